The first-order valence-corrected chi connectivity index (χ1v) is 8.58. The molecule has 0 bridgehead atoms. The van der Waals surface area contributed by atoms with Crippen LogP contribution in [0.1, 0.15) is 58.9 Å². The minimum Gasteiger partial charge on any atom is -0.370 e. The lowest BCUT2D eigenvalue weighted by Gasteiger charge is -2.35. The van der Waals surface area contributed by atoms with E-state index in [0.717, 1.165) is 13.1 Å². The second kappa shape index (κ2) is 7.31. The minimum absolute atomic E-state index is 0.295. The largest absolute Gasteiger partial charge is 0.370 e. The molecule has 0 aromatic heterocycles. The van der Waals surface area contributed by atoms with Crippen molar-refractivity contribution in [2.24, 2.45) is 5.41 Å². The maximum atomic E-state index is 3.77. The summed E-state index contributed by atoms with van der Waals surface area (Å²) in [7, 11) is 0. The van der Waals surface area contributed by atoms with Crippen molar-refractivity contribution in [3.8, 4) is 0 Å². The fraction of sp³-hybridized carbons (Fsp3) is 0.684. The Morgan fingerprint density at radius 2 is 1.90 bits per heavy atom. The Balaban J connectivity index is 2.12. The van der Waals surface area contributed by atoms with Gasteiger partial charge >= 0.3 is 0 Å². The molecule has 2 rings (SSSR count). The first kappa shape index (κ1) is 16.4. The summed E-state index contributed by atoms with van der Waals surface area (Å²) in [6, 6.07) is 9.44. The zero-order valence-corrected chi connectivity index (χ0v) is 14.3. The van der Waals surface area contributed by atoms with Crippen LogP contribution < -0.4 is 10.2 Å². The predicted octanol–water partition coefficient (Wildman–Crippen LogP) is 4.59. The molecule has 1 aromatic rings. The Labute approximate surface area is 130 Å². The first-order valence-electron chi connectivity index (χ1n) is 8.58. The highest BCUT2D eigenvalue weighted by Gasteiger charge is 2.29. The molecular weight excluding hydrogens is 256 g/mol. The number of benzene rings is 1. The summed E-state index contributed by atoms with van der Waals surface area (Å²) in [5.74, 6) is 0. The van der Waals surface area contributed by atoms with Crippen molar-refractivity contribution in [2.75, 3.05) is 18.0 Å². The predicted molar refractivity (Wildman–Crippen MR) is 92.9 cm³/mol. The zero-order valence-electron chi connectivity index (χ0n) is 14.3. The number of nitrogens with one attached hydrogen (secondary N) is 1. The van der Waals surface area contributed by atoms with Crippen LogP contribution in [-0.4, -0.2) is 19.1 Å². The van der Waals surface area contributed by atoms with Crippen molar-refractivity contribution in [3.63, 3.8) is 0 Å². The molecule has 2 nitrogen and oxygen atoms in total. The monoisotopic (exact) mass is 288 g/mol. The van der Waals surface area contributed by atoms with Gasteiger partial charge in [-0.3, -0.25) is 0 Å². The van der Waals surface area contributed by atoms with Gasteiger partial charge in [-0.1, -0.05) is 65.2 Å². The summed E-state index contributed by atoms with van der Waals surface area (Å²) in [5.41, 5.74) is 3.18. The molecule has 0 amide bonds. The van der Waals surface area contributed by atoms with Crippen molar-refractivity contribution in [1.29, 1.82) is 0 Å². The van der Waals surface area contributed by atoms with Gasteiger partial charge in [0, 0.05) is 31.4 Å². The third-order valence-electron chi connectivity index (χ3n) is 4.60. The maximum absolute atomic E-state index is 3.77. The third kappa shape index (κ3) is 4.47. The van der Waals surface area contributed by atoms with Crippen LogP contribution in [0.2, 0.25) is 0 Å². The molecule has 21 heavy (non-hydrogen) atoms. The maximum Gasteiger partial charge on any atom is 0.0412 e. The van der Waals surface area contributed by atoms with Crippen molar-refractivity contribution >= 4 is 5.69 Å². The van der Waals surface area contributed by atoms with E-state index in [2.05, 4.69) is 62.2 Å². The standard InChI is InChI=1S/C19H32N2/c1-5-6-7-10-13-21-15-18(19(2,3)4)20-14-16-11-8-9-12-17(16)21/h8-9,11-12,18,20H,5-7,10,13-15H2,1-4H3. The third-order valence-corrected chi connectivity index (χ3v) is 4.60. The molecule has 2 heteroatoms. The summed E-state index contributed by atoms with van der Waals surface area (Å²) in [5, 5.41) is 3.77. The molecule has 1 unspecified atom stereocenters. The topological polar surface area (TPSA) is 15.3 Å². The average Bonchev–Trinajstić information content (AvgIpc) is 2.63. The summed E-state index contributed by atoms with van der Waals surface area (Å²) >= 11 is 0. The van der Waals surface area contributed by atoms with Crippen LogP contribution in [-0.2, 0) is 6.54 Å². The number of hydrogen-bond acceptors (Lipinski definition) is 2. The molecule has 1 N–H and O–H groups in total. The van der Waals surface area contributed by atoms with Gasteiger partial charge < -0.3 is 10.2 Å². The fourth-order valence-electron chi connectivity index (χ4n) is 3.11. The van der Waals surface area contributed by atoms with Gasteiger partial charge in [-0.2, -0.15) is 0 Å². The molecule has 0 radical (unpaired) electrons. The normalized spacial score (nSPS) is 19.2. The second-order valence-corrected chi connectivity index (χ2v) is 7.43. The Morgan fingerprint density at radius 1 is 1.14 bits per heavy atom. The number of para-hydroxylation sites is 1. The average molecular weight is 288 g/mol. The van der Waals surface area contributed by atoms with E-state index in [9.17, 15) is 0 Å². The molecule has 0 spiro atoms. The minimum atomic E-state index is 0.295. The Bertz CT molecular complexity index is 433. The lowest BCUT2D eigenvalue weighted by atomic mass is 9.86. The molecule has 1 heterocycles. The smallest absolute Gasteiger partial charge is 0.0412 e. The van der Waals surface area contributed by atoms with E-state index in [1.807, 2.05) is 0 Å². The van der Waals surface area contributed by atoms with E-state index < -0.39 is 0 Å². The fourth-order valence-corrected chi connectivity index (χ4v) is 3.11. The van der Waals surface area contributed by atoms with Crippen molar-refractivity contribution < 1.29 is 0 Å². The molecule has 0 saturated carbocycles. The molecular formula is C19H32N2. The van der Waals surface area contributed by atoms with Crippen molar-refractivity contribution in [1.82, 2.24) is 5.32 Å². The molecule has 118 valence electrons. The lowest BCUT2D eigenvalue weighted by molar-refractivity contribution is 0.272. The summed E-state index contributed by atoms with van der Waals surface area (Å²) in [6.07, 6.45) is 5.32. The van der Waals surface area contributed by atoms with Crippen LogP contribution in [0, 0.1) is 5.41 Å². The first-order chi connectivity index (χ1) is 10.0. The highest BCUT2D eigenvalue weighted by molar-refractivity contribution is 5.54. The number of fused-ring (bicyclic) bond motifs is 1. The van der Waals surface area contributed by atoms with Gasteiger partial charge in [-0.05, 0) is 23.5 Å². The van der Waals surface area contributed by atoms with Crippen LogP contribution in [0.5, 0.6) is 0 Å². The summed E-state index contributed by atoms with van der Waals surface area (Å²) in [6.45, 7) is 12.6. The molecule has 0 saturated heterocycles. The number of hydrogen-bond donors (Lipinski definition) is 1. The number of anilines is 1. The Morgan fingerprint density at radius 3 is 2.62 bits per heavy atom. The van der Waals surface area contributed by atoms with Gasteiger partial charge in [0.25, 0.3) is 0 Å². The SMILES string of the molecule is CCCCCCN1CC(C(C)(C)C)NCc2ccccc21. The van der Waals surface area contributed by atoms with E-state index in [4.69, 9.17) is 0 Å². The van der Waals surface area contributed by atoms with Gasteiger partial charge in [0.05, 0.1) is 0 Å². The highest BCUT2D eigenvalue weighted by atomic mass is 15.2. The van der Waals surface area contributed by atoms with Crippen LogP contribution in [0.4, 0.5) is 5.69 Å². The molecule has 0 aliphatic carbocycles. The van der Waals surface area contributed by atoms with Crippen LogP contribution in [0.25, 0.3) is 0 Å². The van der Waals surface area contributed by atoms with E-state index in [-0.39, 0.29) is 0 Å². The van der Waals surface area contributed by atoms with E-state index in [0.29, 0.717) is 11.5 Å². The van der Waals surface area contributed by atoms with Gasteiger partial charge in [0.2, 0.25) is 0 Å². The number of rotatable bonds is 5. The van der Waals surface area contributed by atoms with Crippen LogP contribution >= 0.6 is 0 Å². The van der Waals surface area contributed by atoms with Crippen molar-refractivity contribution in [3.05, 3.63) is 29.8 Å². The quantitative estimate of drug-likeness (QED) is 0.797. The second-order valence-electron chi connectivity index (χ2n) is 7.43. The molecule has 1 aliphatic rings. The Hall–Kier alpha value is -1.02. The highest BCUT2D eigenvalue weighted by Crippen LogP contribution is 2.29. The van der Waals surface area contributed by atoms with E-state index in [1.54, 1.807) is 0 Å². The molecule has 1 atom stereocenters. The van der Waals surface area contributed by atoms with Gasteiger partial charge in [-0.15, -0.1) is 0 Å². The summed E-state index contributed by atoms with van der Waals surface area (Å²) in [4.78, 5) is 2.61. The molecule has 1 aromatic carbocycles. The Kier molecular flexibility index (Phi) is 5.69. The van der Waals surface area contributed by atoms with E-state index >= 15 is 0 Å². The molecule has 1 aliphatic heterocycles. The summed E-state index contributed by atoms with van der Waals surface area (Å²) < 4.78 is 0. The van der Waals surface area contributed by atoms with Gasteiger partial charge in [-0.25, -0.2) is 0 Å². The van der Waals surface area contributed by atoms with Crippen molar-refractivity contribution in [2.45, 2.75) is 66.0 Å². The zero-order chi connectivity index (χ0) is 15.3. The van der Waals surface area contributed by atoms with E-state index in [1.165, 1.54) is 43.5 Å². The van der Waals surface area contributed by atoms with Gasteiger partial charge in [0.15, 0.2) is 0 Å². The van der Waals surface area contributed by atoms with Crippen LogP contribution in [0.3, 0.4) is 0 Å². The lowest BCUT2D eigenvalue weighted by Crippen LogP contribution is -2.46. The number of unbranched alkanes of at least 4 members (excludes halogenated alkanes) is 3. The molecule has 0 fully saturated rings. The number of nitrogens with zero attached hydrogens (tertiary/aromatic N) is 1. The van der Waals surface area contributed by atoms with Gasteiger partial charge in [0.1, 0.15) is 0 Å². The van der Waals surface area contributed by atoms with Crippen LogP contribution in [0.15, 0.2) is 24.3 Å².